The Morgan fingerprint density at radius 3 is 2.47 bits per heavy atom. The summed E-state index contributed by atoms with van der Waals surface area (Å²) < 4.78 is 1.00. The topological polar surface area (TPSA) is 52.7 Å². The molecule has 30 heavy (non-hydrogen) atoms. The molecule has 0 radical (unpaired) electrons. The first-order chi connectivity index (χ1) is 14.5. The molecule has 0 bridgehead atoms. The molecule has 0 atom stereocenters. The van der Waals surface area contributed by atoms with Crippen molar-refractivity contribution in [1.82, 2.24) is 9.80 Å². The molecule has 0 unspecified atom stereocenters. The molecule has 1 N–H and O–H groups in total. The highest BCUT2D eigenvalue weighted by molar-refractivity contribution is 9.10. The normalized spacial score (nSPS) is 14.7. The first-order valence-electron chi connectivity index (χ1n) is 10.6. The Labute approximate surface area is 187 Å². The minimum absolute atomic E-state index is 0.0108. The number of benzene rings is 2. The Morgan fingerprint density at radius 2 is 1.83 bits per heavy atom. The van der Waals surface area contributed by atoms with E-state index in [4.69, 9.17) is 0 Å². The summed E-state index contributed by atoms with van der Waals surface area (Å²) in [4.78, 5) is 29.6. The smallest absolute Gasteiger partial charge is 0.253 e. The van der Waals surface area contributed by atoms with E-state index in [0.717, 1.165) is 60.2 Å². The van der Waals surface area contributed by atoms with Gasteiger partial charge in [0.15, 0.2) is 0 Å². The van der Waals surface area contributed by atoms with Crippen LogP contribution in [0.25, 0.3) is 0 Å². The largest absolute Gasteiger partial charge is 0.339 e. The number of likely N-dealkylation sites (tertiary alicyclic amines) is 1. The molecular formula is C24H30BrN3O2. The molecule has 5 nitrogen and oxygen atoms in total. The van der Waals surface area contributed by atoms with Crippen LogP contribution in [0.2, 0.25) is 0 Å². The molecule has 6 heteroatoms. The van der Waals surface area contributed by atoms with Crippen molar-refractivity contribution in [2.45, 2.75) is 39.2 Å². The van der Waals surface area contributed by atoms with Crippen LogP contribution in [0.5, 0.6) is 0 Å². The number of rotatable bonds is 7. The summed E-state index contributed by atoms with van der Waals surface area (Å²) in [5.74, 6) is 0.108. The van der Waals surface area contributed by atoms with E-state index in [0.29, 0.717) is 12.6 Å². The molecule has 1 fully saturated rings. The number of hydrogen-bond donors (Lipinski definition) is 1. The zero-order valence-electron chi connectivity index (χ0n) is 17.7. The lowest BCUT2D eigenvalue weighted by molar-refractivity contribution is -0.118. The number of piperidine rings is 1. The Bertz CT molecular complexity index is 864. The maximum Gasteiger partial charge on any atom is 0.253 e. The summed E-state index contributed by atoms with van der Waals surface area (Å²) in [7, 11) is 0. The maximum atomic E-state index is 12.7. The molecule has 1 heterocycles. The molecule has 0 saturated carbocycles. The second kappa shape index (κ2) is 10.7. The molecule has 0 aromatic heterocycles. The van der Waals surface area contributed by atoms with Crippen LogP contribution in [0, 0.1) is 6.92 Å². The lowest BCUT2D eigenvalue weighted by atomic mass is 10.0. The number of anilines is 1. The average molecular weight is 472 g/mol. The highest BCUT2D eigenvalue weighted by Crippen LogP contribution is 2.21. The van der Waals surface area contributed by atoms with Gasteiger partial charge in [-0.3, -0.25) is 14.5 Å². The zero-order valence-corrected chi connectivity index (χ0v) is 19.3. The molecule has 1 aliphatic heterocycles. The van der Waals surface area contributed by atoms with Crippen LogP contribution in [-0.4, -0.2) is 53.8 Å². The van der Waals surface area contributed by atoms with E-state index in [2.05, 4.69) is 33.1 Å². The van der Waals surface area contributed by atoms with Gasteiger partial charge in [0, 0.05) is 34.9 Å². The summed E-state index contributed by atoms with van der Waals surface area (Å²) in [6, 6.07) is 15.6. The van der Waals surface area contributed by atoms with Crippen molar-refractivity contribution < 1.29 is 9.59 Å². The van der Waals surface area contributed by atoms with Crippen molar-refractivity contribution in [2.24, 2.45) is 0 Å². The number of carbonyl (C=O) groups is 2. The van der Waals surface area contributed by atoms with Gasteiger partial charge in [-0.1, -0.05) is 41.1 Å². The summed E-state index contributed by atoms with van der Waals surface area (Å²) >= 11 is 3.46. The van der Waals surface area contributed by atoms with Gasteiger partial charge < -0.3 is 10.2 Å². The monoisotopic (exact) mass is 471 g/mol. The molecule has 1 aliphatic rings. The van der Waals surface area contributed by atoms with Crippen molar-refractivity contribution in [3.63, 3.8) is 0 Å². The quantitative estimate of drug-likeness (QED) is 0.635. The third-order valence-electron chi connectivity index (χ3n) is 5.61. The van der Waals surface area contributed by atoms with Gasteiger partial charge >= 0.3 is 0 Å². The Balaban J connectivity index is 1.56. The molecule has 0 spiro atoms. The van der Waals surface area contributed by atoms with Gasteiger partial charge in [-0.25, -0.2) is 0 Å². The molecule has 160 valence electrons. The van der Waals surface area contributed by atoms with E-state index in [1.54, 1.807) is 0 Å². The number of nitrogens with zero attached hydrogens (tertiary/aromatic N) is 2. The van der Waals surface area contributed by atoms with Crippen molar-refractivity contribution in [1.29, 1.82) is 0 Å². The third-order valence-corrected chi connectivity index (χ3v) is 6.10. The number of halogens is 1. The van der Waals surface area contributed by atoms with Gasteiger partial charge in [-0.15, -0.1) is 0 Å². The van der Waals surface area contributed by atoms with E-state index in [1.165, 1.54) is 0 Å². The van der Waals surface area contributed by atoms with Gasteiger partial charge in [0.25, 0.3) is 5.91 Å². The van der Waals surface area contributed by atoms with E-state index < -0.39 is 0 Å². The van der Waals surface area contributed by atoms with Crippen LogP contribution >= 0.6 is 15.9 Å². The number of carbonyl (C=O) groups excluding carboxylic acids is 2. The van der Waals surface area contributed by atoms with E-state index in [9.17, 15) is 9.59 Å². The number of amides is 2. The van der Waals surface area contributed by atoms with E-state index in [-0.39, 0.29) is 11.8 Å². The van der Waals surface area contributed by atoms with Crippen LogP contribution in [0.3, 0.4) is 0 Å². The fourth-order valence-electron chi connectivity index (χ4n) is 4.02. The predicted molar refractivity (Wildman–Crippen MR) is 125 cm³/mol. The highest BCUT2D eigenvalue weighted by atomic mass is 79.9. The van der Waals surface area contributed by atoms with Crippen molar-refractivity contribution >= 4 is 33.4 Å². The molecule has 2 aromatic carbocycles. The Morgan fingerprint density at radius 1 is 1.13 bits per heavy atom. The molecule has 2 amide bonds. The van der Waals surface area contributed by atoms with Gasteiger partial charge in [0.1, 0.15) is 0 Å². The molecule has 0 aliphatic carbocycles. The number of aryl methyl sites for hydroxylation is 1. The van der Waals surface area contributed by atoms with Gasteiger partial charge in [0.05, 0.1) is 6.54 Å². The van der Waals surface area contributed by atoms with Crippen LogP contribution in [0.4, 0.5) is 5.69 Å². The lowest BCUT2D eigenvalue weighted by Crippen LogP contribution is -2.49. The van der Waals surface area contributed by atoms with E-state index in [1.807, 2.05) is 60.4 Å². The molecule has 1 saturated heterocycles. The SMILES string of the molecule is CCCN(CC(=O)Nc1ccc(Br)cc1C)C1CCN(C(=O)c2ccccc2)CC1. The van der Waals surface area contributed by atoms with Crippen molar-refractivity contribution in [2.75, 3.05) is 31.5 Å². The van der Waals surface area contributed by atoms with Crippen LogP contribution < -0.4 is 5.32 Å². The lowest BCUT2D eigenvalue weighted by Gasteiger charge is -2.38. The molecule has 3 rings (SSSR count). The van der Waals surface area contributed by atoms with Gasteiger partial charge in [0.2, 0.25) is 5.91 Å². The minimum atomic E-state index is 0.0108. The summed E-state index contributed by atoms with van der Waals surface area (Å²) in [6.07, 6.45) is 2.78. The zero-order chi connectivity index (χ0) is 21.5. The first kappa shape index (κ1) is 22.5. The standard InChI is InChI=1S/C24H30BrN3O2/c1-3-13-28(17-23(29)26-22-10-9-20(25)16-18(22)2)21-11-14-27(15-12-21)24(30)19-7-5-4-6-8-19/h4-10,16,21H,3,11-15,17H2,1-2H3,(H,26,29). The van der Waals surface area contributed by atoms with Crippen molar-refractivity contribution in [3.05, 3.63) is 64.1 Å². The van der Waals surface area contributed by atoms with Crippen LogP contribution in [0.1, 0.15) is 42.1 Å². The second-order valence-electron chi connectivity index (χ2n) is 7.87. The second-order valence-corrected chi connectivity index (χ2v) is 8.78. The summed E-state index contributed by atoms with van der Waals surface area (Å²) in [6.45, 7) is 6.84. The third kappa shape index (κ3) is 5.92. The van der Waals surface area contributed by atoms with E-state index >= 15 is 0 Å². The Kier molecular flexibility index (Phi) is 8.05. The summed E-state index contributed by atoms with van der Waals surface area (Å²) in [5, 5.41) is 3.05. The van der Waals surface area contributed by atoms with Gasteiger partial charge in [-0.2, -0.15) is 0 Å². The molecular weight excluding hydrogens is 442 g/mol. The average Bonchev–Trinajstić information content (AvgIpc) is 2.76. The van der Waals surface area contributed by atoms with Crippen LogP contribution in [0.15, 0.2) is 53.0 Å². The first-order valence-corrected chi connectivity index (χ1v) is 11.4. The fraction of sp³-hybridized carbons (Fsp3) is 0.417. The highest BCUT2D eigenvalue weighted by Gasteiger charge is 2.28. The number of nitrogens with one attached hydrogen (secondary N) is 1. The Hall–Kier alpha value is -2.18. The summed E-state index contributed by atoms with van der Waals surface area (Å²) in [5.41, 5.74) is 2.63. The number of hydrogen-bond acceptors (Lipinski definition) is 3. The molecule has 2 aromatic rings. The van der Waals surface area contributed by atoms with Crippen molar-refractivity contribution in [3.8, 4) is 0 Å². The minimum Gasteiger partial charge on any atom is -0.339 e. The fourth-order valence-corrected chi connectivity index (χ4v) is 4.49. The predicted octanol–water partition coefficient (Wildman–Crippen LogP) is 4.71. The van der Waals surface area contributed by atoms with Gasteiger partial charge in [-0.05, 0) is 68.6 Å². The maximum absolute atomic E-state index is 12.7. The van der Waals surface area contributed by atoms with Crippen LogP contribution in [-0.2, 0) is 4.79 Å².